The van der Waals surface area contributed by atoms with E-state index >= 15 is 0 Å². The molecule has 0 radical (unpaired) electrons. The van der Waals surface area contributed by atoms with Crippen molar-refractivity contribution >= 4 is 21.6 Å². The lowest BCUT2D eigenvalue weighted by Crippen LogP contribution is -2.40. The molecule has 0 aliphatic carbocycles. The maximum atomic E-state index is 11.8. The van der Waals surface area contributed by atoms with Crippen molar-refractivity contribution in [2.24, 2.45) is 0 Å². The van der Waals surface area contributed by atoms with Crippen LogP contribution in [0.2, 0.25) is 0 Å². The molecule has 1 saturated heterocycles. The molecule has 0 aromatic carbocycles. The fourth-order valence-electron chi connectivity index (χ4n) is 1.55. The molecule has 1 fully saturated rings. The van der Waals surface area contributed by atoms with Crippen molar-refractivity contribution < 1.29 is 17.9 Å². The van der Waals surface area contributed by atoms with Crippen molar-refractivity contribution in [3.05, 3.63) is 0 Å². The minimum Gasteiger partial charge on any atom is -0.383 e. The third kappa shape index (κ3) is 4.55. The van der Waals surface area contributed by atoms with Crippen LogP contribution in [-0.4, -0.2) is 52.5 Å². The van der Waals surface area contributed by atoms with E-state index in [1.54, 1.807) is 0 Å². The van der Waals surface area contributed by atoms with E-state index < -0.39 is 10.0 Å². The molecule has 0 saturated carbocycles. The van der Waals surface area contributed by atoms with Gasteiger partial charge in [-0.2, -0.15) is 0 Å². The van der Waals surface area contributed by atoms with Gasteiger partial charge in [0.2, 0.25) is 10.0 Å². The van der Waals surface area contributed by atoms with Crippen LogP contribution in [0.25, 0.3) is 0 Å². The molecule has 16 heavy (non-hydrogen) atoms. The molecule has 1 rings (SSSR count). The van der Waals surface area contributed by atoms with Crippen LogP contribution in [0, 0.1) is 0 Å². The van der Waals surface area contributed by atoms with Gasteiger partial charge in [-0.15, -0.1) is 11.6 Å². The zero-order valence-electron chi connectivity index (χ0n) is 9.32. The number of alkyl halides is 1. The average Bonchev–Trinajstić information content (AvgIpc) is 2.28. The van der Waals surface area contributed by atoms with Gasteiger partial charge in [-0.05, 0) is 12.8 Å². The number of sulfonamides is 1. The highest BCUT2D eigenvalue weighted by Crippen LogP contribution is 2.14. The minimum absolute atomic E-state index is 0.203. The van der Waals surface area contributed by atoms with Gasteiger partial charge in [0, 0.05) is 26.9 Å². The zero-order chi connectivity index (χ0) is 12.0. The molecular weight excluding hydrogens is 254 g/mol. The molecule has 1 aliphatic rings. The third-order valence-corrected chi connectivity index (χ3v) is 4.66. The second-order valence-corrected chi connectivity index (χ2v) is 6.42. The van der Waals surface area contributed by atoms with E-state index in [-0.39, 0.29) is 17.2 Å². The summed E-state index contributed by atoms with van der Waals surface area (Å²) in [7, 11) is -1.74. The van der Waals surface area contributed by atoms with Crippen molar-refractivity contribution in [3.8, 4) is 0 Å². The Morgan fingerprint density at radius 2 is 2.12 bits per heavy atom. The molecule has 96 valence electrons. The van der Waals surface area contributed by atoms with Gasteiger partial charge in [0.1, 0.15) is 0 Å². The van der Waals surface area contributed by atoms with Crippen LogP contribution in [0.5, 0.6) is 0 Å². The van der Waals surface area contributed by atoms with Gasteiger partial charge in [0.25, 0.3) is 0 Å². The van der Waals surface area contributed by atoms with Crippen molar-refractivity contribution in [1.82, 2.24) is 4.72 Å². The maximum absolute atomic E-state index is 11.8. The van der Waals surface area contributed by atoms with E-state index in [2.05, 4.69) is 4.72 Å². The fraction of sp³-hybridized carbons (Fsp3) is 1.00. The van der Waals surface area contributed by atoms with E-state index in [0.717, 1.165) is 0 Å². The second kappa shape index (κ2) is 6.76. The number of ether oxygens (including phenoxy) is 2. The van der Waals surface area contributed by atoms with Crippen LogP contribution < -0.4 is 4.72 Å². The Labute approximate surface area is 101 Å². The lowest BCUT2D eigenvalue weighted by Gasteiger charge is -2.22. The number of nitrogens with one attached hydrogen (secondary N) is 1. The standard InChI is InChI=1S/C9H18ClNO4S/c1-14-7-8(10)6-11-16(12,13)9-2-4-15-5-3-9/h8-9,11H,2-7H2,1H3. The summed E-state index contributed by atoms with van der Waals surface area (Å²) in [5.74, 6) is 0. The molecule has 1 aliphatic heterocycles. The maximum Gasteiger partial charge on any atom is 0.214 e. The number of methoxy groups -OCH3 is 1. The van der Waals surface area contributed by atoms with Gasteiger partial charge in [-0.1, -0.05) is 0 Å². The van der Waals surface area contributed by atoms with E-state index in [1.165, 1.54) is 7.11 Å². The van der Waals surface area contributed by atoms with Crippen LogP contribution in [0.15, 0.2) is 0 Å². The van der Waals surface area contributed by atoms with E-state index in [1.807, 2.05) is 0 Å². The predicted octanol–water partition coefficient (Wildman–Crippen LogP) is 0.339. The van der Waals surface area contributed by atoms with Crippen LogP contribution >= 0.6 is 11.6 Å². The number of halogens is 1. The molecule has 7 heteroatoms. The van der Waals surface area contributed by atoms with Gasteiger partial charge < -0.3 is 9.47 Å². The average molecular weight is 272 g/mol. The highest BCUT2D eigenvalue weighted by molar-refractivity contribution is 7.90. The quantitative estimate of drug-likeness (QED) is 0.708. The van der Waals surface area contributed by atoms with Crippen molar-refractivity contribution in [2.75, 3.05) is 33.5 Å². The Bertz CT molecular complexity index is 290. The first-order valence-corrected chi connectivity index (χ1v) is 7.23. The first-order valence-electron chi connectivity index (χ1n) is 5.25. The number of hydrogen-bond acceptors (Lipinski definition) is 4. The van der Waals surface area contributed by atoms with Gasteiger partial charge >= 0.3 is 0 Å². The summed E-state index contributed by atoms with van der Waals surface area (Å²) in [5.41, 5.74) is 0. The van der Waals surface area contributed by atoms with Crippen LogP contribution in [0.4, 0.5) is 0 Å². The zero-order valence-corrected chi connectivity index (χ0v) is 10.9. The topological polar surface area (TPSA) is 64.6 Å². The number of rotatable bonds is 6. The molecule has 1 heterocycles. The van der Waals surface area contributed by atoms with Gasteiger partial charge in [0.15, 0.2) is 0 Å². The predicted molar refractivity (Wildman–Crippen MR) is 62.3 cm³/mol. The minimum atomic E-state index is -3.27. The first kappa shape index (κ1) is 14.2. The van der Waals surface area contributed by atoms with E-state index in [9.17, 15) is 8.42 Å². The Kier molecular flexibility index (Phi) is 5.99. The fourth-order valence-corrected chi connectivity index (χ4v) is 3.33. The van der Waals surface area contributed by atoms with Gasteiger partial charge in [-0.25, -0.2) is 13.1 Å². The summed E-state index contributed by atoms with van der Waals surface area (Å²) in [6, 6.07) is 0. The summed E-state index contributed by atoms with van der Waals surface area (Å²) in [4.78, 5) is 0. The molecule has 0 aromatic rings. The first-order chi connectivity index (χ1) is 7.56. The third-order valence-electron chi connectivity index (χ3n) is 2.46. The van der Waals surface area contributed by atoms with Crippen LogP contribution in [0.1, 0.15) is 12.8 Å². The van der Waals surface area contributed by atoms with E-state index in [4.69, 9.17) is 21.1 Å². The Morgan fingerprint density at radius 3 is 2.69 bits per heavy atom. The van der Waals surface area contributed by atoms with Crippen molar-refractivity contribution in [2.45, 2.75) is 23.5 Å². The SMILES string of the molecule is COCC(Cl)CNS(=O)(=O)C1CCOCC1. The highest BCUT2D eigenvalue weighted by Gasteiger charge is 2.27. The Hall–Kier alpha value is 0.120. The van der Waals surface area contributed by atoms with E-state index in [0.29, 0.717) is 32.7 Å². The largest absolute Gasteiger partial charge is 0.383 e. The van der Waals surface area contributed by atoms with Crippen molar-refractivity contribution in [3.63, 3.8) is 0 Å². The summed E-state index contributed by atoms with van der Waals surface area (Å²) >= 11 is 5.85. The summed E-state index contributed by atoms with van der Waals surface area (Å²) in [5, 5.41) is -0.688. The molecule has 1 unspecified atom stereocenters. The van der Waals surface area contributed by atoms with Crippen LogP contribution in [-0.2, 0) is 19.5 Å². The van der Waals surface area contributed by atoms with Gasteiger partial charge in [0.05, 0.1) is 17.2 Å². The van der Waals surface area contributed by atoms with Crippen molar-refractivity contribution in [1.29, 1.82) is 0 Å². The molecule has 1 N–H and O–H groups in total. The molecular formula is C9H18ClNO4S. The lowest BCUT2D eigenvalue weighted by atomic mass is 10.2. The lowest BCUT2D eigenvalue weighted by molar-refractivity contribution is 0.0981. The molecule has 0 amide bonds. The smallest absolute Gasteiger partial charge is 0.214 e. The molecule has 0 aromatic heterocycles. The summed E-state index contributed by atoms with van der Waals surface area (Å²) < 4.78 is 36.1. The Balaban J connectivity index is 2.38. The molecule has 0 bridgehead atoms. The molecule has 1 atom stereocenters. The molecule has 0 spiro atoms. The van der Waals surface area contributed by atoms with Gasteiger partial charge in [-0.3, -0.25) is 0 Å². The Morgan fingerprint density at radius 1 is 1.50 bits per heavy atom. The summed E-state index contributed by atoms with van der Waals surface area (Å²) in [6.07, 6.45) is 1.10. The monoisotopic (exact) mass is 271 g/mol. The summed E-state index contributed by atoms with van der Waals surface area (Å²) in [6.45, 7) is 1.55. The number of hydrogen-bond donors (Lipinski definition) is 1. The normalized spacial score (nSPS) is 20.9. The highest BCUT2D eigenvalue weighted by atomic mass is 35.5. The molecule has 5 nitrogen and oxygen atoms in total. The van der Waals surface area contributed by atoms with Crippen LogP contribution in [0.3, 0.4) is 0 Å². The second-order valence-electron chi connectivity index (χ2n) is 3.76.